The van der Waals surface area contributed by atoms with Gasteiger partial charge in [-0.25, -0.2) is 0 Å². The van der Waals surface area contributed by atoms with Crippen LogP contribution >= 0.6 is 23.8 Å². The lowest BCUT2D eigenvalue weighted by molar-refractivity contribution is 0.103. The molecule has 2 N–H and O–H groups in total. The summed E-state index contributed by atoms with van der Waals surface area (Å²) in [6.45, 7) is 7.54. The zero-order chi connectivity index (χ0) is 19.1. The molecular formula is C20H31ClN4OS. The molecule has 150 valence electrons. The Hall–Kier alpha value is -0.920. The summed E-state index contributed by atoms with van der Waals surface area (Å²) >= 11 is 11.7. The van der Waals surface area contributed by atoms with Gasteiger partial charge in [-0.15, -0.1) is 0 Å². The number of nitrogens with one attached hydrogen (secondary N) is 1. The van der Waals surface area contributed by atoms with E-state index in [9.17, 15) is 0 Å². The average molecular weight is 411 g/mol. The number of halogens is 1. The molecule has 27 heavy (non-hydrogen) atoms. The van der Waals surface area contributed by atoms with Gasteiger partial charge in [0.2, 0.25) is 0 Å². The van der Waals surface area contributed by atoms with Crippen molar-refractivity contribution >= 4 is 34.6 Å². The van der Waals surface area contributed by atoms with Crippen molar-refractivity contribution in [2.75, 3.05) is 57.7 Å². The Morgan fingerprint density at radius 2 is 1.70 bits per heavy atom. The highest BCUT2D eigenvalue weighted by atomic mass is 35.5. The predicted molar refractivity (Wildman–Crippen MR) is 117 cm³/mol. The number of rotatable bonds is 6. The van der Waals surface area contributed by atoms with Gasteiger partial charge < -0.3 is 20.2 Å². The third kappa shape index (κ3) is 6.29. The molecule has 1 atom stereocenters. The number of likely N-dealkylation sites (tertiary alicyclic amines) is 1. The maximum atomic E-state index is 9.07. The van der Waals surface area contributed by atoms with E-state index in [1.54, 1.807) is 0 Å². The number of aliphatic hydroxyl groups excluding tert-OH is 1. The van der Waals surface area contributed by atoms with Gasteiger partial charge in [0.05, 0.1) is 6.61 Å². The average Bonchev–Trinajstić information content (AvgIpc) is 2.69. The maximum absolute atomic E-state index is 9.07. The van der Waals surface area contributed by atoms with Crippen molar-refractivity contribution in [3.05, 3.63) is 29.3 Å². The molecule has 0 aromatic heterocycles. The zero-order valence-electron chi connectivity index (χ0n) is 15.9. The molecule has 2 saturated heterocycles. The summed E-state index contributed by atoms with van der Waals surface area (Å²) in [4.78, 5) is 7.28. The van der Waals surface area contributed by atoms with E-state index in [2.05, 4.69) is 20.0 Å². The second-order valence-corrected chi connectivity index (χ2v) is 8.30. The lowest BCUT2D eigenvalue weighted by atomic mass is 9.99. The van der Waals surface area contributed by atoms with Gasteiger partial charge in [-0.3, -0.25) is 4.90 Å². The first kappa shape index (κ1) is 20.8. The minimum atomic E-state index is 0.259. The van der Waals surface area contributed by atoms with Crippen molar-refractivity contribution in [2.24, 2.45) is 0 Å². The molecule has 0 radical (unpaired) electrons. The van der Waals surface area contributed by atoms with Gasteiger partial charge in [-0.1, -0.05) is 11.6 Å². The van der Waals surface area contributed by atoms with E-state index in [0.717, 1.165) is 68.1 Å². The van der Waals surface area contributed by atoms with Gasteiger partial charge in [-0.2, -0.15) is 0 Å². The first-order valence-electron chi connectivity index (χ1n) is 10.0. The van der Waals surface area contributed by atoms with E-state index in [1.165, 1.54) is 19.3 Å². The first-order chi connectivity index (χ1) is 13.2. The third-order valence-corrected chi connectivity index (χ3v) is 6.23. The van der Waals surface area contributed by atoms with Crippen molar-refractivity contribution < 1.29 is 5.11 Å². The molecule has 1 aromatic carbocycles. The highest BCUT2D eigenvalue weighted by Gasteiger charge is 2.26. The van der Waals surface area contributed by atoms with Crippen LogP contribution < -0.4 is 5.32 Å². The molecule has 0 aliphatic carbocycles. The van der Waals surface area contributed by atoms with Gasteiger partial charge in [0.1, 0.15) is 0 Å². The maximum Gasteiger partial charge on any atom is 0.173 e. The molecule has 1 aromatic rings. The van der Waals surface area contributed by atoms with Crippen molar-refractivity contribution in [3.8, 4) is 0 Å². The van der Waals surface area contributed by atoms with Crippen LogP contribution in [0.5, 0.6) is 0 Å². The molecule has 5 nitrogen and oxygen atoms in total. The zero-order valence-corrected chi connectivity index (χ0v) is 17.5. The minimum Gasteiger partial charge on any atom is -0.395 e. The van der Waals surface area contributed by atoms with Gasteiger partial charge in [0, 0.05) is 62.6 Å². The standard InChI is InChI=1S/C20H31ClN4OS/c21-17-4-6-18(7-5-17)22-20(27)25-9-2-1-3-19(25)8-10-23-11-13-24(14-12-23)15-16-26/h4-7,19,26H,1-3,8-16H2,(H,22,27). The van der Waals surface area contributed by atoms with E-state index < -0.39 is 0 Å². The third-order valence-electron chi connectivity index (χ3n) is 5.64. The number of thiocarbonyl (C=S) groups is 1. The fraction of sp³-hybridized carbons (Fsp3) is 0.650. The number of hydrogen-bond acceptors (Lipinski definition) is 4. The fourth-order valence-electron chi connectivity index (χ4n) is 4.01. The van der Waals surface area contributed by atoms with E-state index in [0.29, 0.717) is 6.04 Å². The Bertz CT molecular complexity index is 592. The number of piperidine rings is 1. The van der Waals surface area contributed by atoms with Gasteiger partial charge in [-0.05, 0) is 62.2 Å². The summed E-state index contributed by atoms with van der Waals surface area (Å²) in [6, 6.07) is 8.23. The number of nitrogens with zero attached hydrogens (tertiary/aromatic N) is 3. The molecule has 0 saturated carbocycles. The molecule has 1 unspecified atom stereocenters. The van der Waals surface area contributed by atoms with E-state index in [-0.39, 0.29) is 6.61 Å². The van der Waals surface area contributed by atoms with Crippen LogP contribution in [0.25, 0.3) is 0 Å². The van der Waals surface area contributed by atoms with Crippen LogP contribution in [0.4, 0.5) is 5.69 Å². The van der Waals surface area contributed by atoms with Crippen LogP contribution in [0, 0.1) is 0 Å². The highest BCUT2D eigenvalue weighted by molar-refractivity contribution is 7.80. The Morgan fingerprint density at radius 3 is 2.37 bits per heavy atom. The summed E-state index contributed by atoms with van der Waals surface area (Å²) in [5, 5.41) is 14.0. The Kier molecular flexibility index (Phi) is 8.15. The molecule has 0 bridgehead atoms. The number of anilines is 1. The van der Waals surface area contributed by atoms with Crippen molar-refractivity contribution in [1.82, 2.24) is 14.7 Å². The van der Waals surface area contributed by atoms with Crippen LogP contribution in [0.15, 0.2) is 24.3 Å². The largest absolute Gasteiger partial charge is 0.395 e. The van der Waals surface area contributed by atoms with Crippen LogP contribution in [-0.4, -0.2) is 83.4 Å². The topological polar surface area (TPSA) is 42.0 Å². The second-order valence-electron chi connectivity index (χ2n) is 7.48. The summed E-state index contributed by atoms with van der Waals surface area (Å²) in [6.07, 6.45) is 4.86. The smallest absolute Gasteiger partial charge is 0.173 e. The van der Waals surface area contributed by atoms with E-state index in [4.69, 9.17) is 28.9 Å². The second kappa shape index (κ2) is 10.6. The lowest BCUT2D eigenvalue weighted by Gasteiger charge is -2.40. The van der Waals surface area contributed by atoms with Crippen molar-refractivity contribution in [3.63, 3.8) is 0 Å². The molecule has 0 spiro atoms. The normalized spacial score (nSPS) is 22.0. The summed E-state index contributed by atoms with van der Waals surface area (Å²) in [7, 11) is 0. The molecular weight excluding hydrogens is 380 g/mol. The van der Waals surface area contributed by atoms with Gasteiger partial charge in [0.15, 0.2) is 5.11 Å². The van der Waals surface area contributed by atoms with Crippen LogP contribution in [0.2, 0.25) is 5.02 Å². The monoisotopic (exact) mass is 410 g/mol. The van der Waals surface area contributed by atoms with Crippen molar-refractivity contribution in [2.45, 2.75) is 31.7 Å². The Balaban J connectivity index is 1.48. The number of β-amino-alcohol motifs (C(OH)–C–C–N with tert-alkyl or cyclic N) is 1. The molecule has 7 heteroatoms. The van der Waals surface area contributed by atoms with Gasteiger partial charge >= 0.3 is 0 Å². The first-order valence-corrected chi connectivity index (χ1v) is 10.8. The van der Waals surface area contributed by atoms with E-state index >= 15 is 0 Å². The van der Waals surface area contributed by atoms with Gasteiger partial charge in [0.25, 0.3) is 0 Å². The summed E-state index contributed by atoms with van der Waals surface area (Å²) in [5.41, 5.74) is 0.994. The Labute approximate surface area is 173 Å². The molecule has 2 fully saturated rings. The quantitative estimate of drug-likeness (QED) is 0.703. The molecule has 2 heterocycles. The predicted octanol–water partition coefficient (Wildman–Crippen LogP) is 2.89. The Morgan fingerprint density at radius 1 is 1.04 bits per heavy atom. The fourth-order valence-corrected chi connectivity index (χ4v) is 4.49. The molecule has 0 amide bonds. The molecule has 3 rings (SSSR count). The van der Waals surface area contributed by atoms with E-state index in [1.807, 2.05) is 24.3 Å². The molecule has 2 aliphatic rings. The number of piperazine rings is 1. The number of aliphatic hydroxyl groups is 1. The van der Waals surface area contributed by atoms with Crippen molar-refractivity contribution in [1.29, 1.82) is 0 Å². The van der Waals surface area contributed by atoms with Crippen LogP contribution in [0.1, 0.15) is 25.7 Å². The minimum absolute atomic E-state index is 0.259. The highest BCUT2D eigenvalue weighted by Crippen LogP contribution is 2.22. The SMILES string of the molecule is OCCN1CCN(CCC2CCCCN2C(=S)Nc2ccc(Cl)cc2)CC1. The number of benzene rings is 1. The molecule has 2 aliphatic heterocycles. The summed E-state index contributed by atoms with van der Waals surface area (Å²) in [5.74, 6) is 0. The number of hydrogen-bond donors (Lipinski definition) is 2. The summed E-state index contributed by atoms with van der Waals surface area (Å²) < 4.78 is 0. The van der Waals surface area contributed by atoms with Crippen LogP contribution in [0.3, 0.4) is 0 Å². The lowest BCUT2D eigenvalue weighted by Crippen LogP contribution is -2.50. The van der Waals surface area contributed by atoms with Crippen LogP contribution in [-0.2, 0) is 0 Å².